The number of furan rings is 1. The van der Waals surface area contributed by atoms with E-state index in [1.165, 1.54) is 5.56 Å². The summed E-state index contributed by atoms with van der Waals surface area (Å²) >= 11 is 8.46. The highest BCUT2D eigenvalue weighted by Gasteiger charge is 2.14. The fourth-order valence-corrected chi connectivity index (χ4v) is 2.73. The Labute approximate surface area is 120 Å². The summed E-state index contributed by atoms with van der Waals surface area (Å²) in [5.41, 5.74) is 1.33. The molecule has 0 saturated carbocycles. The van der Waals surface area contributed by atoms with Crippen molar-refractivity contribution in [3.63, 3.8) is 0 Å². The zero-order valence-corrected chi connectivity index (χ0v) is 12.6. The van der Waals surface area contributed by atoms with Gasteiger partial charge in [-0.05, 0) is 34.6 Å². The van der Waals surface area contributed by atoms with Gasteiger partial charge < -0.3 is 4.42 Å². The fourth-order valence-electron chi connectivity index (χ4n) is 1.77. The van der Waals surface area contributed by atoms with Crippen LogP contribution in [0.4, 0.5) is 0 Å². The van der Waals surface area contributed by atoms with Gasteiger partial charge in [-0.25, -0.2) is 0 Å². The van der Waals surface area contributed by atoms with Crippen LogP contribution in [0.3, 0.4) is 0 Å². The topological polar surface area (TPSA) is 13.1 Å². The van der Waals surface area contributed by atoms with Gasteiger partial charge in [0.05, 0.1) is 8.59 Å². The highest BCUT2D eigenvalue weighted by molar-refractivity contribution is 14.1. The standard InChI is InChI=1S/C14H14ClIO/c1-2-11-13(15)14(16)12(17-11)9-8-10-6-4-3-5-7-10/h3-7H,2,8-9H2,1H3. The first-order chi connectivity index (χ1) is 8.22. The zero-order valence-electron chi connectivity index (χ0n) is 9.67. The van der Waals surface area contributed by atoms with E-state index in [4.69, 9.17) is 16.0 Å². The molecule has 0 bridgehead atoms. The van der Waals surface area contributed by atoms with Gasteiger partial charge in [-0.2, -0.15) is 0 Å². The molecule has 1 aromatic heterocycles. The second kappa shape index (κ2) is 5.91. The monoisotopic (exact) mass is 360 g/mol. The predicted molar refractivity (Wildman–Crippen MR) is 79.7 cm³/mol. The van der Waals surface area contributed by atoms with Crippen molar-refractivity contribution in [1.82, 2.24) is 0 Å². The van der Waals surface area contributed by atoms with Crippen LogP contribution in [0, 0.1) is 3.57 Å². The molecule has 0 N–H and O–H groups in total. The minimum atomic E-state index is 0.788. The van der Waals surface area contributed by atoms with Crippen molar-refractivity contribution < 1.29 is 4.42 Å². The first-order valence-electron chi connectivity index (χ1n) is 5.71. The molecule has 90 valence electrons. The van der Waals surface area contributed by atoms with E-state index in [9.17, 15) is 0 Å². The molecule has 0 saturated heterocycles. The van der Waals surface area contributed by atoms with Crippen LogP contribution in [-0.2, 0) is 19.3 Å². The number of halogens is 2. The van der Waals surface area contributed by atoms with E-state index >= 15 is 0 Å². The summed E-state index contributed by atoms with van der Waals surface area (Å²) in [6.45, 7) is 2.06. The molecule has 3 heteroatoms. The van der Waals surface area contributed by atoms with Crippen LogP contribution in [0.1, 0.15) is 24.0 Å². The molecule has 0 aliphatic rings. The molecule has 0 radical (unpaired) electrons. The largest absolute Gasteiger partial charge is 0.463 e. The molecular weight excluding hydrogens is 347 g/mol. The molecule has 0 unspecified atom stereocenters. The second-order valence-electron chi connectivity index (χ2n) is 3.92. The van der Waals surface area contributed by atoms with Crippen molar-refractivity contribution in [2.45, 2.75) is 26.2 Å². The number of rotatable bonds is 4. The summed E-state index contributed by atoms with van der Waals surface area (Å²) in [4.78, 5) is 0. The van der Waals surface area contributed by atoms with Crippen LogP contribution in [0.2, 0.25) is 5.02 Å². The first-order valence-corrected chi connectivity index (χ1v) is 7.17. The Morgan fingerprint density at radius 3 is 2.41 bits per heavy atom. The van der Waals surface area contributed by atoms with E-state index in [0.717, 1.165) is 39.4 Å². The van der Waals surface area contributed by atoms with Crippen LogP contribution in [0.15, 0.2) is 34.7 Å². The lowest BCUT2D eigenvalue weighted by Crippen LogP contribution is -1.90. The minimum Gasteiger partial charge on any atom is -0.463 e. The number of hydrogen-bond donors (Lipinski definition) is 0. The highest BCUT2D eigenvalue weighted by Crippen LogP contribution is 2.30. The number of aryl methyl sites for hydroxylation is 3. The third-order valence-corrected chi connectivity index (χ3v) is 4.59. The Morgan fingerprint density at radius 1 is 1.12 bits per heavy atom. The fraction of sp³-hybridized carbons (Fsp3) is 0.286. The molecule has 0 fully saturated rings. The van der Waals surface area contributed by atoms with Crippen LogP contribution >= 0.6 is 34.2 Å². The Hall–Kier alpha value is -0.480. The van der Waals surface area contributed by atoms with Gasteiger partial charge >= 0.3 is 0 Å². The SMILES string of the molecule is CCc1oc(CCc2ccccc2)c(I)c1Cl. The van der Waals surface area contributed by atoms with Crippen molar-refractivity contribution in [2.24, 2.45) is 0 Å². The average Bonchev–Trinajstić information content (AvgIpc) is 2.65. The van der Waals surface area contributed by atoms with Gasteiger partial charge in [0.15, 0.2) is 0 Å². The Bertz CT molecular complexity index is 490. The average molecular weight is 361 g/mol. The molecule has 1 heterocycles. The summed E-state index contributed by atoms with van der Waals surface area (Å²) < 4.78 is 6.84. The third kappa shape index (κ3) is 3.05. The van der Waals surface area contributed by atoms with Crippen LogP contribution in [-0.4, -0.2) is 0 Å². The Balaban J connectivity index is 2.09. The van der Waals surface area contributed by atoms with Gasteiger partial charge in [0, 0.05) is 12.8 Å². The molecular formula is C14H14ClIO. The van der Waals surface area contributed by atoms with Crippen LogP contribution in [0.25, 0.3) is 0 Å². The van der Waals surface area contributed by atoms with Crippen molar-refractivity contribution >= 4 is 34.2 Å². The number of hydrogen-bond acceptors (Lipinski definition) is 1. The quantitative estimate of drug-likeness (QED) is 0.708. The summed E-state index contributed by atoms with van der Waals surface area (Å²) in [7, 11) is 0. The summed E-state index contributed by atoms with van der Waals surface area (Å²) in [6, 6.07) is 10.4. The van der Waals surface area contributed by atoms with Crippen molar-refractivity contribution in [3.05, 3.63) is 56.0 Å². The summed E-state index contributed by atoms with van der Waals surface area (Å²) in [5.74, 6) is 1.91. The maximum absolute atomic E-state index is 6.19. The Kier molecular flexibility index (Phi) is 4.51. The van der Waals surface area contributed by atoms with Crippen LogP contribution < -0.4 is 0 Å². The van der Waals surface area contributed by atoms with Gasteiger partial charge in [-0.15, -0.1) is 0 Å². The lowest BCUT2D eigenvalue weighted by atomic mass is 10.1. The van der Waals surface area contributed by atoms with Gasteiger partial charge in [0.2, 0.25) is 0 Å². The van der Waals surface area contributed by atoms with E-state index in [1.807, 2.05) is 6.07 Å². The Morgan fingerprint density at radius 2 is 1.82 bits per heavy atom. The molecule has 2 aromatic rings. The molecule has 0 amide bonds. The van der Waals surface area contributed by atoms with E-state index in [-0.39, 0.29) is 0 Å². The highest BCUT2D eigenvalue weighted by atomic mass is 127. The van der Waals surface area contributed by atoms with E-state index < -0.39 is 0 Å². The summed E-state index contributed by atoms with van der Waals surface area (Å²) in [5, 5.41) is 0.788. The maximum atomic E-state index is 6.19. The molecule has 17 heavy (non-hydrogen) atoms. The van der Waals surface area contributed by atoms with E-state index in [2.05, 4.69) is 53.8 Å². The van der Waals surface area contributed by atoms with Crippen molar-refractivity contribution in [1.29, 1.82) is 0 Å². The van der Waals surface area contributed by atoms with Crippen molar-refractivity contribution in [3.8, 4) is 0 Å². The predicted octanol–water partition coefficient (Wildman–Crippen LogP) is 4.89. The zero-order chi connectivity index (χ0) is 12.3. The van der Waals surface area contributed by atoms with E-state index in [0.29, 0.717) is 0 Å². The normalized spacial score (nSPS) is 10.8. The van der Waals surface area contributed by atoms with Crippen LogP contribution in [0.5, 0.6) is 0 Å². The lowest BCUT2D eigenvalue weighted by molar-refractivity contribution is 0.467. The maximum Gasteiger partial charge on any atom is 0.123 e. The lowest BCUT2D eigenvalue weighted by Gasteiger charge is -1.99. The molecule has 0 atom stereocenters. The molecule has 1 aromatic carbocycles. The molecule has 0 aliphatic carbocycles. The molecule has 2 rings (SSSR count). The van der Waals surface area contributed by atoms with Gasteiger partial charge in [-0.1, -0.05) is 48.9 Å². The van der Waals surface area contributed by atoms with Gasteiger partial charge in [0.1, 0.15) is 11.5 Å². The number of benzene rings is 1. The molecule has 0 aliphatic heterocycles. The second-order valence-corrected chi connectivity index (χ2v) is 5.37. The molecule has 1 nitrogen and oxygen atoms in total. The first kappa shape index (κ1) is 13.0. The minimum absolute atomic E-state index is 0.788. The van der Waals surface area contributed by atoms with Gasteiger partial charge in [0.25, 0.3) is 0 Å². The molecule has 0 spiro atoms. The van der Waals surface area contributed by atoms with Gasteiger partial charge in [-0.3, -0.25) is 0 Å². The smallest absolute Gasteiger partial charge is 0.123 e. The summed E-state index contributed by atoms with van der Waals surface area (Å²) in [6.07, 6.45) is 2.74. The van der Waals surface area contributed by atoms with Crippen molar-refractivity contribution in [2.75, 3.05) is 0 Å². The third-order valence-electron chi connectivity index (χ3n) is 2.73. The van der Waals surface area contributed by atoms with E-state index in [1.54, 1.807) is 0 Å².